The summed E-state index contributed by atoms with van der Waals surface area (Å²) < 4.78 is 4.73. The number of halogens is 1. The Morgan fingerprint density at radius 3 is 2.36 bits per heavy atom. The number of hydrogen-bond acceptors (Lipinski definition) is 2. The maximum Gasteiger partial charge on any atom is 0.319 e. The van der Waals surface area contributed by atoms with Crippen molar-refractivity contribution < 1.29 is 9.53 Å². The minimum Gasteiger partial charge on any atom is -0.468 e. The smallest absolute Gasteiger partial charge is 0.319 e. The van der Waals surface area contributed by atoms with Crippen LogP contribution in [0.4, 0.5) is 0 Å². The number of ether oxygens (including phenoxy) is 1. The molecule has 1 fully saturated rings. The maximum absolute atomic E-state index is 11.3. The molecule has 1 rings (SSSR count). The Labute approximate surface area is 94.5 Å². The first-order valence-electron chi connectivity index (χ1n) is 5.18. The number of hydrogen-bond donors (Lipinski definition) is 0. The monoisotopic (exact) mass is 262 g/mol. The van der Waals surface area contributed by atoms with Gasteiger partial charge in [0.2, 0.25) is 0 Å². The summed E-state index contributed by atoms with van der Waals surface area (Å²) in [6.07, 6.45) is 4.66. The van der Waals surface area contributed by atoms with E-state index in [9.17, 15) is 4.79 Å². The second-order valence-electron chi connectivity index (χ2n) is 4.93. The Kier molecular flexibility index (Phi) is 3.99. The second-order valence-corrected chi connectivity index (χ2v) is 5.91. The van der Waals surface area contributed by atoms with Gasteiger partial charge in [-0.1, -0.05) is 29.8 Å². The van der Waals surface area contributed by atoms with Gasteiger partial charge in [-0.2, -0.15) is 0 Å². The van der Waals surface area contributed by atoms with Crippen LogP contribution >= 0.6 is 15.9 Å². The summed E-state index contributed by atoms with van der Waals surface area (Å²) in [4.78, 5) is 11.2. The highest BCUT2D eigenvalue weighted by atomic mass is 79.9. The van der Waals surface area contributed by atoms with Crippen LogP contribution in [0, 0.1) is 11.3 Å². The summed E-state index contributed by atoms with van der Waals surface area (Å²) in [5, 5.41) is 0. The standard InChI is InChI=1S/C11H19BrO2/c1-11(2)6-4-8(5-7-11)9(12)10(13)14-3/h8-9H,4-7H2,1-3H3. The minimum absolute atomic E-state index is 0.108. The molecule has 3 heteroatoms. The van der Waals surface area contributed by atoms with Gasteiger partial charge in [-0.15, -0.1) is 0 Å². The van der Waals surface area contributed by atoms with Crippen molar-refractivity contribution in [2.75, 3.05) is 7.11 Å². The fourth-order valence-corrected chi connectivity index (χ4v) is 2.73. The van der Waals surface area contributed by atoms with Gasteiger partial charge in [-0.05, 0) is 37.0 Å². The van der Waals surface area contributed by atoms with Crippen LogP contribution < -0.4 is 0 Å². The molecule has 14 heavy (non-hydrogen) atoms. The number of rotatable bonds is 2. The summed E-state index contributed by atoms with van der Waals surface area (Å²) in [5.41, 5.74) is 0.458. The topological polar surface area (TPSA) is 26.3 Å². The van der Waals surface area contributed by atoms with Crippen LogP contribution in [0.1, 0.15) is 39.5 Å². The van der Waals surface area contributed by atoms with Gasteiger partial charge in [-0.25, -0.2) is 0 Å². The highest BCUT2D eigenvalue weighted by Crippen LogP contribution is 2.40. The third-order valence-electron chi connectivity index (χ3n) is 3.22. The van der Waals surface area contributed by atoms with Crippen LogP contribution in [0.3, 0.4) is 0 Å². The van der Waals surface area contributed by atoms with Crippen LogP contribution in [0.25, 0.3) is 0 Å². The largest absolute Gasteiger partial charge is 0.468 e. The van der Waals surface area contributed by atoms with E-state index >= 15 is 0 Å². The van der Waals surface area contributed by atoms with E-state index in [1.165, 1.54) is 20.0 Å². The van der Waals surface area contributed by atoms with Gasteiger partial charge >= 0.3 is 5.97 Å². The van der Waals surface area contributed by atoms with Crippen molar-refractivity contribution in [3.05, 3.63) is 0 Å². The lowest BCUT2D eigenvalue weighted by Gasteiger charge is -2.35. The van der Waals surface area contributed by atoms with Crippen molar-refractivity contribution in [2.24, 2.45) is 11.3 Å². The highest BCUT2D eigenvalue weighted by molar-refractivity contribution is 9.10. The molecule has 0 aromatic rings. The zero-order valence-electron chi connectivity index (χ0n) is 9.18. The van der Waals surface area contributed by atoms with Gasteiger partial charge in [0.25, 0.3) is 0 Å². The van der Waals surface area contributed by atoms with E-state index < -0.39 is 0 Å². The second kappa shape index (κ2) is 4.65. The lowest BCUT2D eigenvalue weighted by Crippen LogP contribution is -2.31. The number of carbonyl (C=O) groups excluding carboxylic acids is 1. The average molecular weight is 263 g/mol. The molecule has 0 saturated heterocycles. The predicted octanol–water partition coefficient (Wildman–Crippen LogP) is 3.14. The molecule has 0 N–H and O–H groups in total. The molecule has 0 aliphatic heterocycles. The van der Waals surface area contributed by atoms with Gasteiger partial charge in [-0.3, -0.25) is 4.79 Å². The Bertz CT molecular complexity index is 203. The van der Waals surface area contributed by atoms with Gasteiger partial charge in [0.05, 0.1) is 7.11 Å². The molecule has 0 aromatic heterocycles. The number of alkyl halides is 1. The Balaban J connectivity index is 2.45. The zero-order valence-corrected chi connectivity index (χ0v) is 10.8. The van der Waals surface area contributed by atoms with Crippen molar-refractivity contribution in [3.63, 3.8) is 0 Å². The average Bonchev–Trinajstić information content (AvgIpc) is 2.15. The molecule has 0 bridgehead atoms. The van der Waals surface area contributed by atoms with Crippen molar-refractivity contribution in [3.8, 4) is 0 Å². The molecule has 0 spiro atoms. The molecule has 0 heterocycles. The molecule has 1 aliphatic carbocycles. The predicted molar refractivity (Wildman–Crippen MR) is 60.5 cm³/mol. The molecule has 0 aromatic carbocycles. The van der Waals surface area contributed by atoms with Crippen LogP contribution in [-0.4, -0.2) is 17.9 Å². The summed E-state index contributed by atoms with van der Waals surface area (Å²) in [6.45, 7) is 4.59. The van der Waals surface area contributed by atoms with Crippen molar-refractivity contribution in [1.29, 1.82) is 0 Å². The Hall–Kier alpha value is -0.0500. The molecule has 0 radical (unpaired) electrons. The highest BCUT2D eigenvalue weighted by Gasteiger charge is 2.33. The number of carbonyl (C=O) groups is 1. The zero-order chi connectivity index (χ0) is 10.8. The third kappa shape index (κ3) is 2.97. The molecule has 1 atom stereocenters. The van der Waals surface area contributed by atoms with Crippen LogP contribution in [0.5, 0.6) is 0 Å². The summed E-state index contributed by atoms with van der Waals surface area (Å²) in [5.74, 6) is 0.324. The first kappa shape index (κ1) is 12.0. The summed E-state index contributed by atoms with van der Waals surface area (Å²) in [6, 6.07) is 0. The van der Waals surface area contributed by atoms with E-state index in [-0.39, 0.29) is 10.8 Å². The lowest BCUT2D eigenvalue weighted by atomic mass is 9.72. The van der Waals surface area contributed by atoms with Gasteiger partial charge < -0.3 is 4.74 Å². The van der Waals surface area contributed by atoms with E-state index in [1.54, 1.807) is 0 Å². The first-order chi connectivity index (χ1) is 6.46. The Morgan fingerprint density at radius 2 is 1.93 bits per heavy atom. The fraction of sp³-hybridized carbons (Fsp3) is 0.909. The molecule has 1 aliphatic rings. The third-order valence-corrected chi connectivity index (χ3v) is 4.35. The van der Waals surface area contributed by atoms with Gasteiger partial charge in [0.1, 0.15) is 4.83 Å². The minimum atomic E-state index is -0.130. The van der Waals surface area contributed by atoms with Crippen molar-refractivity contribution in [2.45, 2.75) is 44.4 Å². The molecule has 1 saturated carbocycles. The van der Waals surface area contributed by atoms with Crippen molar-refractivity contribution in [1.82, 2.24) is 0 Å². The number of methoxy groups -OCH3 is 1. The lowest BCUT2D eigenvalue weighted by molar-refractivity contribution is -0.141. The molecule has 0 amide bonds. The quantitative estimate of drug-likeness (QED) is 0.565. The van der Waals surface area contributed by atoms with Crippen molar-refractivity contribution >= 4 is 21.9 Å². The van der Waals surface area contributed by atoms with E-state index in [0.717, 1.165) is 12.8 Å². The SMILES string of the molecule is COC(=O)C(Br)C1CCC(C)(C)CC1. The fourth-order valence-electron chi connectivity index (χ4n) is 2.02. The van der Waals surface area contributed by atoms with Crippen LogP contribution in [0.15, 0.2) is 0 Å². The van der Waals surface area contributed by atoms with Gasteiger partial charge in [0, 0.05) is 0 Å². The van der Waals surface area contributed by atoms with E-state index in [0.29, 0.717) is 11.3 Å². The van der Waals surface area contributed by atoms with E-state index in [2.05, 4.69) is 29.8 Å². The van der Waals surface area contributed by atoms with E-state index in [1.807, 2.05) is 0 Å². The molecular formula is C11H19BrO2. The molecular weight excluding hydrogens is 244 g/mol. The van der Waals surface area contributed by atoms with Crippen LogP contribution in [0.2, 0.25) is 0 Å². The summed E-state index contributed by atoms with van der Waals surface area (Å²) in [7, 11) is 1.45. The number of esters is 1. The normalized spacial score (nSPS) is 24.3. The molecule has 1 unspecified atom stereocenters. The first-order valence-corrected chi connectivity index (χ1v) is 6.10. The molecule has 82 valence electrons. The van der Waals surface area contributed by atoms with Crippen LogP contribution in [-0.2, 0) is 9.53 Å². The summed E-state index contributed by atoms with van der Waals surface area (Å²) >= 11 is 3.43. The van der Waals surface area contributed by atoms with E-state index in [4.69, 9.17) is 4.74 Å². The maximum atomic E-state index is 11.3. The van der Waals surface area contributed by atoms with Gasteiger partial charge in [0.15, 0.2) is 0 Å². The molecule has 2 nitrogen and oxygen atoms in total. The Morgan fingerprint density at radius 1 is 1.43 bits per heavy atom.